The number of aromatic hydroxyl groups is 1. The summed E-state index contributed by atoms with van der Waals surface area (Å²) in [5.74, 6) is 0.0692. The Kier molecular flexibility index (Phi) is 6.30. The maximum absolute atomic E-state index is 12.9. The maximum atomic E-state index is 12.9. The summed E-state index contributed by atoms with van der Waals surface area (Å²) < 4.78 is 6.56. The van der Waals surface area contributed by atoms with E-state index in [2.05, 4.69) is 15.7 Å². The number of hydrogen-bond acceptors (Lipinski definition) is 5. The first-order valence-electron chi connectivity index (χ1n) is 11.0. The molecule has 2 aromatic heterocycles. The molecule has 3 N–H and O–H groups in total. The van der Waals surface area contributed by atoms with Crippen LogP contribution in [0.25, 0.3) is 11.3 Å². The molecule has 3 aromatic rings. The molecule has 0 spiro atoms. The highest BCUT2D eigenvalue weighted by atomic mass is 16.3. The zero-order valence-corrected chi connectivity index (χ0v) is 18.3. The van der Waals surface area contributed by atoms with Gasteiger partial charge in [-0.2, -0.15) is 9.78 Å². The van der Waals surface area contributed by atoms with E-state index in [0.717, 1.165) is 37.8 Å². The molecule has 32 heavy (non-hydrogen) atoms. The second kappa shape index (κ2) is 9.30. The number of amides is 2. The summed E-state index contributed by atoms with van der Waals surface area (Å²) in [5.41, 5.74) is 2.26. The van der Waals surface area contributed by atoms with Crippen LogP contribution in [0.4, 0.5) is 10.5 Å². The topological polar surface area (TPSA) is 109 Å². The smallest absolute Gasteiger partial charge is 0.342 e. The van der Waals surface area contributed by atoms with Gasteiger partial charge in [-0.15, -0.1) is 0 Å². The van der Waals surface area contributed by atoms with E-state index in [1.807, 2.05) is 19.9 Å². The molecular weight excluding hydrogens is 408 g/mol. The van der Waals surface area contributed by atoms with Crippen molar-refractivity contribution in [3.63, 3.8) is 0 Å². The van der Waals surface area contributed by atoms with Crippen molar-refractivity contribution in [1.29, 1.82) is 0 Å². The van der Waals surface area contributed by atoms with E-state index >= 15 is 0 Å². The molecule has 8 nitrogen and oxygen atoms in total. The van der Waals surface area contributed by atoms with E-state index in [-0.39, 0.29) is 29.5 Å². The molecule has 1 atom stereocenters. The van der Waals surface area contributed by atoms with Crippen molar-refractivity contribution in [2.45, 2.75) is 57.9 Å². The molecule has 2 amide bonds. The van der Waals surface area contributed by atoms with Gasteiger partial charge in [-0.3, -0.25) is 4.79 Å². The van der Waals surface area contributed by atoms with Gasteiger partial charge in [-0.05, 0) is 62.6 Å². The highest BCUT2D eigenvalue weighted by Crippen LogP contribution is 2.38. The van der Waals surface area contributed by atoms with Gasteiger partial charge in [0.05, 0.1) is 17.7 Å². The van der Waals surface area contributed by atoms with Crippen molar-refractivity contribution in [3.05, 3.63) is 54.1 Å². The number of hydrogen-bond donors (Lipinski definition) is 3. The molecule has 8 heteroatoms. The number of phenolic OH excluding ortho intramolecular Hbond substituents is 1. The Balaban J connectivity index is 1.67. The lowest BCUT2D eigenvalue weighted by Crippen LogP contribution is -2.37. The van der Waals surface area contributed by atoms with Crippen molar-refractivity contribution < 1.29 is 19.1 Å². The first kappa shape index (κ1) is 21.7. The van der Waals surface area contributed by atoms with E-state index in [0.29, 0.717) is 16.9 Å². The number of phenols is 1. The first-order chi connectivity index (χ1) is 15.5. The van der Waals surface area contributed by atoms with Crippen LogP contribution in [-0.4, -0.2) is 32.9 Å². The van der Waals surface area contributed by atoms with E-state index < -0.39 is 5.91 Å². The summed E-state index contributed by atoms with van der Waals surface area (Å²) >= 11 is 0. The van der Waals surface area contributed by atoms with Crippen LogP contribution in [-0.2, 0) is 0 Å². The lowest BCUT2D eigenvalue weighted by molar-refractivity contribution is 0.0996. The fraction of sp³-hybridized carbons (Fsp3) is 0.375. The summed E-state index contributed by atoms with van der Waals surface area (Å²) in [4.78, 5) is 25.2. The summed E-state index contributed by atoms with van der Waals surface area (Å²) in [6, 6.07) is 9.59. The van der Waals surface area contributed by atoms with Crippen molar-refractivity contribution in [2.24, 2.45) is 0 Å². The number of nitrogens with zero attached hydrogens (tertiary/aromatic N) is 2. The Labute approximate surface area is 186 Å². The van der Waals surface area contributed by atoms with E-state index in [1.54, 1.807) is 24.3 Å². The Bertz CT molecular complexity index is 1100. The average Bonchev–Trinajstić information content (AvgIpc) is 3.55. The summed E-state index contributed by atoms with van der Waals surface area (Å²) in [6.45, 7) is 3.96. The Hall–Kier alpha value is -3.55. The SMILES string of the molecule is CCC(C)NC(=O)n1nc(-c2cc(NC(=O)c3ccco3)ccc2O)cc1C1CCCC1. The largest absolute Gasteiger partial charge is 0.507 e. The average molecular weight is 437 g/mol. The number of rotatable bonds is 6. The lowest BCUT2D eigenvalue weighted by Gasteiger charge is -2.15. The van der Waals surface area contributed by atoms with Crippen LogP contribution in [0.15, 0.2) is 47.1 Å². The molecule has 1 saturated carbocycles. The van der Waals surface area contributed by atoms with Gasteiger partial charge in [0.2, 0.25) is 0 Å². The zero-order chi connectivity index (χ0) is 22.7. The van der Waals surface area contributed by atoms with Crippen LogP contribution in [0.1, 0.15) is 68.1 Å². The monoisotopic (exact) mass is 436 g/mol. The van der Waals surface area contributed by atoms with Gasteiger partial charge >= 0.3 is 6.03 Å². The predicted octanol–water partition coefficient (Wildman–Crippen LogP) is 5.11. The van der Waals surface area contributed by atoms with Crippen LogP contribution in [0, 0.1) is 0 Å². The first-order valence-corrected chi connectivity index (χ1v) is 11.0. The van der Waals surface area contributed by atoms with Crippen molar-refractivity contribution in [2.75, 3.05) is 5.32 Å². The Morgan fingerprint density at radius 3 is 2.72 bits per heavy atom. The predicted molar refractivity (Wildman–Crippen MR) is 121 cm³/mol. The molecule has 2 heterocycles. The maximum Gasteiger partial charge on any atom is 0.342 e. The molecule has 1 unspecified atom stereocenters. The highest BCUT2D eigenvalue weighted by molar-refractivity contribution is 6.02. The molecule has 168 valence electrons. The van der Waals surface area contributed by atoms with Gasteiger partial charge in [0.1, 0.15) is 5.75 Å². The number of carbonyl (C=O) groups is 2. The van der Waals surface area contributed by atoms with Gasteiger partial charge in [0.25, 0.3) is 5.91 Å². The summed E-state index contributed by atoms with van der Waals surface area (Å²) in [7, 11) is 0. The van der Waals surface area contributed by atoms with Gasteiger partial charge < -0.3 is 20.2 Å². The lowest BCUT2D eigenvalue weighted by atomic mass is 10.0. The van der Waals surface area contributed by atoms with Crippen LogP contribution >= 0.6 is 0 Å². The van der Waals surface area contributed by atoms with Gasteiger partial charge in [0, 0.05) is 23.2 Å². The molecule has 1 aromatic carbocycles. The Morgan fingerprint density at radius 2 is 2.03 bits per heavy atom. The Morgan fingerprint density at radius 1 is 1.25 bits per heavy atom. The van der Waals surface area contributed by atoms with Gasteiger partial charge in [-0.1, -0.05) is 19.8 Å². The molecular formula is C24H28N4O4. The third-order valence-electron chi connectivity index (χ3n) is 5.96. The van der Waals surface area contributed by atoms with Crippen molar-refractivity contribution >= 4 is 17.6 Å². The summed E-state index contributed by atoms with van der Waals surface area (Å²) in [6.07, 6.45) is 6.50. The van der Waals surface area contributed by atoms with Gasteiger partial charge in [0.15, 0.2) is 5.76 Å². The number of carbonyl (C=O) groups excluding carboxylic acids is 2. The molecule has 0 aliphatic heterocycles. The minimum Gasteiger partial charge on any atom is -0.507 e. The van der Waals surface area contributed by atoms with Crippen LogP contribution in [0.3, 0.4) is 0 Å². The number of nitrogens with one attached hydrogen (secondary N) is 2. The molecule has 0 bridgehead atoms. The quantitative estimate of drug-likeness (QED) is 0.465. The fourth-order valence-corrected chi connectivity index (χ4v) is 4.00. The number of anilines is 1. The number of aromatic nitrogens is 2. The molecule has 0 radical (unpaired) electrons. The zero-order valence-electron chi connectivity index (χ0n) is 18.3. The normalized spacial score (nSPS) is 14.9. The fourth-order valence-electron chi connectivity index (χ4n) is 4.00. The second-order valence-electron chi connectivity index (χ2n) is 8.27. The van der Waals surface area contributed by atoms with Crippen LogP contribution in [0.2, 0.25) is 0 Å². The van der Waals surface area contributed by atoms with Gasteiger partial charge in [-0.25, -0.2) is 4.79 Å². The second-order valence-corrected chi connectivity index (χ2v) is 8.27. The molecule has 1 fully saturated rings. The standard InChI is InChI=1S/C24H28N4O4/c1-3-15(2)25-24(31)28-20(16-7-4-5-8-16)14-19(27-28)18-13-17(10-11-21(18)29)26-23(30)22-9-6-12-32-22/h6,9-16,29H,3-5,7-8H2,1-2H3,(H,25,31)(H,26,30). The minimum absolute atomic E-state index is 0.0194. The number of benzene rings is 1. The third-order valence-corrected chi connectivity index (χ3v) is 5.96. The molecule has 1 aliphatic carbocycles. The molecule has 1 aliphatic rings. The van der Waals surface area contributed by atoms with Crippen LogP contribution in [0.5, 0.6) is 5.75 Å². The minimum atomic E-state index is -0.392. The molecule has 0 saturated heterocycles. The van der Waals surface area contributed by atoms with Crippen molar-refractivity contribution in [1.82, 2.24) is 15.1 Å². The van der Waals surface area contributed by atoms with Crippen molar-refractivity contribution in [3.8, 4) is 17.0 Å². The summed E-state index contributed by atoms with van der Waals surface area (Å²) in [5, 5.41) is 20.8. The number of furan rings is 1. The van der Waals surface area contributed by atoms with Crippen LogP contribution < -0.4 is 10.6 Å². The van der Waals surface area contributed by atoms with E-state index in [4.69, 9.17) is 4.42 Å². The highest BCUT2D eigenvalue weighted by Gasteiger charge is 2.26. The molecule has 4 rings (SSSR count). The van der Waals surface area contributed by atoms with E-state index in [1.165, 1.54) is 17.0 Å². The third kappa shape index (κ3) is 4.54. The van der Waals surface area contributed by atoms with E-state index in [9.17, 15) is 14.7 Å².